The number of hydrogen-bond acceptors (Lipinski definition) is 2. The van der Waals surface area contributed by atoms with E-state index in [1.807, 2.05) is 13.1 Å². The minimum absolute atomic E-state index is 0.288. The molecule has 1 heterocycles. The second kappa shape index (κ2) is 5.13. The van der Waals surface area contributed by atoms with Crippen molar-refractivity contribution in [2.75, 3.05) is 7.05 Å². The van der Waals surface area contributed by atoms with E-state index in [9.17, 15) is 0 Å². The fraction of sp³-hybridized carbons (Fsp3) is 0.231. The van der Waals surface area contributed by atoms with Crippen LogP contribution in [0.15, 0.2) is 40.2 Å². The monoisotopic (exact) mass is 295 g/mol. The molecule has 0 radical (unpaired) electrons. The fourth-order valence-corrected chi connectivity index (χ4v) is 3.45. The standard InChI is InChI=1S/C13H14BrNS/c1-9-8-11(16-13(9)14)12(15-2)10-6-4-3-5-7-10/h3-8,12,15H,1-2H3. The lowest BCUT2D eigenvalue weighted by Crippen LogP contribution is -2.16. The zero-order valence-corrected chi connectivity index (χ0v) is 11.7. The van der Waals surface area contributed by atoms with E-state index in [-0.39, 0.29) is 6.04 Å². The van der Waals surface area contributed by atoms with Crippen LogP contribution >= 0.6 is 27.3 Å². The lowest BCUT2D eigenvalue weighted by Gasteiger charge is -2.14. The van der Waals surface area contributed by atoms with Crippen LogP contribution in [0.3, 0.4) is 0 Å². The Balaban J connectivity index is 2.37. The highest BCUT2D eigenvalue weighted by Gasteiger charge is 2.14. The summed E-state index contributed by atoms with van der Waals surface area (Å²) in [4.78, 5) is 1.35. The van der Waals surface area contributed by atoms with Gasteiger partial charge in [0.05, 0.1) is 9.83 Å². The summed E-state index contributed by atoms with van der Waals surface area (Å²) in [6, 6.07) is 13.0. The van der Waals surface area contributed by atoms with E-state index in [1.165, 1.54) is 19.8 Å². The van der Waals surface area contributed by atoms with Gasteiger partial charge in [0.15, 0.2) is 0 Å². The molecule has 0 spiro atoms. The van der Waals surface area contributed by atoms with Gasteiger partial charge in [0.1, 0.15) is 0 Å². The minimum Gasteiger partial charge on any atom is -0.309 e. The Morgan fingerprint density at radius 3 is 2.44 bits per heavy atom. The predicted octanol–water partition coefficient (Wildman–Crippen LogP) is 4.13. The Bertz CT molecular complexity index is 445. The fourth-order valence-electron chi connectivity index (χ4n) is 1.74. The summed E-state index contributed by atoms with van der Waals surface area (Å²) in [6.07, 6.45) is 0. The largest absolute Gasteiger partial charge is 0.309 e. The van der Waals surface area contributed by atoms with E-state index in [0.717, 1.165) is 0 Å². The maximum atomic E-state index is 3.58. The van der Waals surface area contributed by atoms with Crippen LogP contribution in [0.2, 0.25) is 0 Å². The average Bonchev–Trinajstić information content (AvgIpc) is 2.61. The highest BCUT2D eigenvalue weighted by Crippen LogP contribution is 2.33. The first-order valence-electron chi connectivity index (χ1n) is 5.20. The van der Waals surface area contributed by atoms with Gasteiger partial charge in [0.25, 0.3) is 0 Å². The molecule has 1 aromatic carbocycles. The average molecular weight is 296 g/mol. The summed E-state index contributed by atoms with van der Waals surface area (Å²) < 4.78 is 1.22. The molecule has 1 nitrogen and oxygen atoms in total. The van der Waals surface area contributed by atoms with Crippen molar-refractivity contribution in [3.63, 3.8) is 0 Å². The Morgan fingerprint density at radius 1 is 1.25 bits per heavy atom. The van der Waals surface area contributed by atoms with Crippen molar-refractivity contribution in [2.24, 2.45) is 0 Å². The normalized spacial score (nSPS) is 12.7. The van der Waals surface area contributed by atoms with Gasteiger partial charge in [-0.15, -0.1) is 11.3 Å². The number of thiophene rings is 1. The lowest BCUT2D eigenvalue weighted by atomic mass is 10.1. The molecule has 2 rings (SSSR count). The topological polar surface area (TPSA) is 12.0 Å². The molecule has 0 fully saturated rings. The first-order valence-corrected chi connectivity index (χ1v) is 6.81. The van der Waals surface area contributed by atoms with Crippen molar-refractivity contribution in [2.45, 2.75) is 13.0 Å². The molecule has 0 aliphatic heterocycles. The zero-order valence-electron chi connectivity index (χ0n) is 9.33. The van der Waals surface area contributed by atoms with Gasteiger partial charge in [-0.2, -0.15) is 0 Å². The van der Waals surface area contributed by atoms with Crippen LogP contribution in [0.1, 0.15) is 22.0 Å². The lowest BCUT2D eigenvalue weighted by molar-refractivity contribution is 0.703. The summed E-state index contributed by atoms with van der Waals surface area (Å²) in [6.45, 7) is 2.13. The SMILES string of the molecule is CNC(c1ccccc1)c1cc(C)c(Br)s1. The molecule has 1 unspecified atom stereocenters. The Morgan fingerprint density at radius 2 is 1.94 bits per heavy atom. The molecular formula is C13H14BrNS. The number of aryl methyl sites for hydroxylation is 1. The second-order valence-electron chi connectivity index (χ2n) is 3.74. The van der Waals surface area contributed by atoms with Gasteiger partial charge in [-0.25, -0.2) is 0 Å². The highest BCUT2D eigenvalue weighted by molar-refractivity contribution is 9.11. The van der Waals surface area contributed by atoms with Crippen LogP contribution in [-0.2, 0) is 0 Å². The summed E-state index contributed by atoms with van der Waals surface area (Å²) in [7, 11) is 2.00. The van der Waals surface area contributed by atoms with Gasteiger partial charge in [-0.1, -0.05) is 30.3 Å². The summed E-state index contributed by atoms with van der Waals surface area (Å²) in [5.74, 6) is 0. The Kier molecular flexibility index (Phi) is 3.79. The van der Waals surface area contributed by atoms with E-state index in [0.29, 0.717) is 0 Å². The van der Waals surface area contributed by atoms with Crippen molar-refractivity contribution in [1.29, 1.82) is 0 Å². The quantitative estimate of drug-likeness (QED) is 0.898. The van der Waals surface area contributed by atoms with Gasteiger partial charge in [-0.05, 0) is 47.1 Å². The molecule has 3 heteroatoms. The van der Waals surface area contributed by atoms with E-state index in [1.54, 1.807) is 11.3 Å². The second-order valence-corrected chi connectivity index (χ2v) is 6.14. The predicted molar refractivity (Wildman–Crippen MR) is 74.1 cm³/mol. The number of nitrogens with one attached hydrogen (secondary N) is 1. The van der Waals surface area contributed by atoms with Gasteiger partial charge in [-0.3, -0.25) is 0 Å². The third kappa shape index (κ3) is 2.37. The molecule has 0 aliphatic rings. The first-order chi connectivity index (χ1) is 7.72. The van der Waals surface area contributed by atoms with Gasteiger partial charge >= 0.3 is 0 Å². The van der Waals surface area contributed by atoms with Crippen LogP contribution < -0.4 is 5.32 Å². The third-order valence-corrected chi connectivity index (χ3v) is 4.78. The number of benzene rings is 1. The van der Waals surface area contributed by atoms with E-state index < -0.39 is 0 Å². The van der Waals surface area contributed by atoms with E-state index >= 15 is 0 Å². The van der Waals surface area contributed by atoms with Gasteiger partial charge in [0, 0.05) is 4.88 Å². The molecule has 84 valence electrons. The maximum Gasteiger partial charge on any atom is 0.0731 e. The molecule has 0 saturated carbocycles. The molecule has 1 N–H and O–H groups in total. The van der Waals surface area contributed by atoms with Crippen LogP contribution in [0.25, 0.3) is 0 Å². The minimum atomic E-state index is 0.288. The summed E-state index contributed by atoms with van der Waals surface area (Å²) >= 11 is 5.37. The van der Waals surface area contributed by atoms with Crippen molar-refractivity contribution < 1.29 is 0 Å². The molecule has 0 saturated heterocycles. The third-order valence-electron chi connectivity index (χ3n) is 2.58. The van der Waals surface area contributed by atoms with E-state index in [4.69, 9.17) is 0 Å². The number of halogens is 1. The van der Waals surface area contributed by atoms with Crippen LogP contribution in [0, 0.1) is 6.92 Å². The van der Waals surface area contributed by atoms with Gasteiger partial charge < -0.3 is 5.32 Å². The number of rotatable bonds is 3. The smallest absolute Gasteiger partial charge is 0.0731 e. The Labute approximate surface area is 109 Å². The van der Waals surface area contributed by atoms with Crippen LogP contribution in [-0.4, -0.2) is 7.05 Å². The Hall–Kier alpha value is -0.640. The summed E-state index contributed by atoms with van der Waals surface area (Å²) in [5, 5.41) is 3.36. The molecule has 0 bridgehead atoms. The molecule has 0 amide bonds. The van der Waals surface area contributed by atoms with Crippen molar-refractivity contribution in [1.82, 2.24) is 5.32 Å². The molecular weight excluding hydrogens is 282 g/mol. The van der Waals surface area contributed by atoms with Gasteiger partial charge in [0.2, 0.25) is 0 Å². The van der Waals surface area contributed by atoms with Crippen LogP contribution in [0.5, 0.6) is 0 Å². The molecule has 16 heavy (non-hydrogen) atoms. The number of hydrogen-bond donors (Lipinski definition) is 1. The van der Waals surface area contributed by atoms with Crippen LogP contribution in [0.4, 0.5) is 0 Å². The first kappa shape index (κ1) is 11.8. The van der Waals surface area contributed by atoms with Crippen molar-refractivity contribution >= 4 is 27.3 Å². The van der Waals surface area contributed by atoms with E-state index in [2.05, 4.69) is 58.5 Å². The maximum absolute atomic E-state index is 3.58. The zero-order chi connectivity index (χ0) is 11.5. The summed E-state index contributed by atoms with van der Waals surface area (Å²) in [5.41, 5.74) is 2.61. The van der Waals surface area contributed by atoms with Crippen molar-refractivity contribution in [3.8, 4) is 0 Å². The highest BCUT2D eigenvalue weighted by atomic mass is 79.9. The molecule has 1 aromatic heterocycles. The molecule has 0 aliphatic carbocycles. The van der Waals surface area contributed by atoms with Crippen molar-refractivity contribution in [3.05, 3.63) is 56.2 Å². The molecule has 2 aromatic rings. The molecule has 1 atom stereocenters.